The highest BCUT2D eigenvalue weighted by atomic mass is 16.7. The molecule has 0 amide bonds. The minimum atomic E-state index is -2.08. The molecule has 6 N–H and O–H groups in total. The van der Waals surface area contributed by atoms with E-state index < -0.39 is 81.2 Å². The molecule has 0 radical (unpaired) electrons. The van der Waals surface area contributed by atoms with Gasteiger partial charge < -0.3 is 40.1 Å². The highest BCUT2D eigenvalue weighted by Gasteiger charge is 2.88. The molecule has 0 aromatic heterocycles. The molecule has 14 atom stereocenters. The Morgan fingerprint density at radius 2 is 1.60 bits per heavy atom. The van der Waals surface area contributed by atoms with Gasteiger partial charge in [-0.05, 0) is 74.3 Å². The number of rotatable bonds is 2. The summed E-state index contributed by atoms with van der Waals surface area (Å²) in [7, 11) is 0. The van der Waals surface area contributed by atoms with Gasteiger partial charge in [0.15, 0.2) is 6.10 Å². The van der Waals surface area contributed by atoms with Crippen molar-refractivity contribution in [3.05, 3.63) is 48.0 Å². The third kappa shape index (κ3) is 3.49. The van der Waals surface area contributed by atoms with E-state index in [1.54, 1.807) is 19.1 Å². The van der Waals surface area contributed by atoms with Crippen molar-refractivity contribution in [3.63, 3.8) is 0 Å². The summed E-state index contributed by atoms with van der Waals surface area (Å²) in [6.07, 6.45) is 0.424. The monoisotopic (exact) mass is 663 g/mol. The summed E-state index contributed by atoms with van der Waals surface area (Å²) < 4.78 is 13.0. The van der Waals surface area contributed by atoms with Crippen LogP contribution in [0.3, 0.4) is 0 Å². The first-order chi connectivity index (χ1) is 22.5. The topological polar surface area (TPSA) is 160 Å². The van der Waals surface area contributed by atoms with Gasteiger partial charge in [-0.1, -0.05) is 44.2 Å². The SMILES string of the molecule is C[C@H]1CC[C@@H]2N(C1)C[C@@H]1[C@](O)([C@@H](O)C[C@@]3(O)[C@@H]4CC[C@@H]5[C@]6(O)O[C@@]4(C[C@@]13O)[C@@]5(C)CC[C@@H]6OC(=O)c1ccc3ccccc3c1)[C@]2(C)O. The lowest BCUT2D eigenvalue weighted by Gasteiger charge is -2.68. The molecular weight excluding hydrogens is 614 g/mol. The van der Waals surface area contributed by atoms with Crippen LogP contribution in [0, 0.1) is 29.1 Å². The Labute approximate surface area is 280 Å². The van der Waals surface area contributed by atoms with E-state index in [-0.39, 0.29) is 19.4 Å². The average molecular weight is 664 g/mol. The highest BCUT2D eigenvalue weighted by Crippen LogP contribution is 2.78. The van der Waals surface area contributed by atoms with E-state index in [1.807, 2.05) is 30.3 Å². The predicted octanol–water partition coefficient (Wildman–Crippen LogP) is 2.49. The fourth-order valence-corrected chi connectivity index (χ4v) is 13.0. The van der Waals surface area contributed by atoms with E-state index in [1.165, 1.54) is 0 Å². The number of carbonyl (C=O) groups is 1. The number of benzene rings is 2. The van der Waals surface area contributed by atoms with Gasteiger partial charge in [0.1, 0.15) is 22.4 Å². The summed E-state index contributed by atoms with van der Waals surface area (Å²) in [6.45, 7) is 6.64. The largest absolute Gasteiger partial charge is 0.453 e. The van der Waals surface area contributed by atoms with Gasteiger partial charge >= 0.3 is 5.97 Å². The van der Waals surface area contributed by atoms with Crippen LogP contribution >= 0.6 is 0 Å². The van der Waals surface area contributed by atoms with Gasteiger partial charge in [-0.3, -0.25) is 4.90 Å². The number of nitrogens with zero attached hydrogens (tertiary/aromatic N) is 1. The van der Waals surface area contributed by atoms with Crippen LogP contribution in [0.4, 0.5) is 0 Å². The van der Waals surface area contributed by atoms with E-state index in [2.05, 4.69) is 18.7 Å². The standard InChI is InChI=1S/C38H49NO9/c1-21-8-13-28-33(3,42)37(45)27(19-39(28)18-21)35(44)20-36-26(34(35,43)17-29(37)40)12-11-25-32(36,2)15-14-30(38(25,46)48-36)47-31(41)24-10-9-22-6-4-5-7-23(22)16-24/h4-7,9-10,16,21,25-30,40,42-46H,8,11-15,17-20H2,1-3H3/t21-,25-,26-,27-,28-,29-,30-,32-,33+,34+,35+,36+,37-,38-/m0/s1. The van der Waals surface area contributed by atoms with E-state index in [0.717, 1.165) is 17.2 Å². The molecular formula is C38H49NO9. The lowest BCUT2D eigenvalue weighted by Crippen LogP contribution is -2.85. The normalized spacial score (nSPS) is 53.8. The quantitative estimate of drug-likeness (QED) is 0.264. The van der Waals surface area contributed by atoms with Crippen LogP contribution in [0.2, 0.25) is 0 Å². The molecule has 9 rings (SSSR count). The first-order valence-corrected chi connectivity index (χ1v) is 18.0. The maximum atomic E-state index is 13.6. The molecule has 10 heteroatoms. The summed E-state index contributed by atoms with van der Waals surface area (Å²) in [6, 6.07) is 12.7. The van der Waals surface area contributed by atoms with Crippen LogP contribution in [0.5, 0.6) is 0 Å². The zero-order chi connectivity index (χ0) is 33.9. The molecule has 0 unspecified atom stereocenters. The number of hydrogen-bond acceptors (Lipinski definition) is 10. The Balaban J connectivity index is 1.08. The maximum absolute atomic E-state index is 13.6. The number of hydrogen-bond donors (Lipinski definition) is 6. The molecule has 3 aliphatic heterocycles. The molecule has 3 saturated heterocycles. The number of esters is 1. The predicted molar refractivity (Wildman–Crippen MR) is 173 cm³/mol. The molecule has 2 aromatic carbocycles. The van der Waals surface area contributed by atoms with E-state index in [9.17, 15) is 35.4 Å². The van der Waals surface area contributed by atoms with Crippen molar-refractivity contribution in [1.29, 1.82) is 0 Å². The summed E-state index contributed by atoms with van der Waals surface area (Å²) in [5.74, 6) is -4.23. The molecule has 2 aromatic rings. The molecule has 3 heterocycles. The van der Waals surface area contributed by atoms with E-state index in [4.69, 9.17) is 9.47 Å². The zero-order valence-electron chi connectivity index (χ0n) is 28.0. The van der Waals surface area contributed by atoms with Crippen LogP contribution in [0.25, 0.3) is 10.8 Å². The summed E-state index contributed by atoms with van der Waals surface area (Å²) in [5, 5.41) is 76.7. The smallest absolute Gasteiger partial charge is 0.338 e. The summed E-state index contributed by atoms with van der Waals surface area (Å²) in [5.41, 5.74) is -9.17. The van der Waals surface area contributed by atoms with Gasteiger partial charge in [0, 0.05) is 55.1 Å². The Bertz CT molecular complexity index is 1700. The second-order valence-corrected chi connectivity index (χ2v) is 17.3. The van der Waals surface area contributed by atoms with Gasteiger partial charge in [-0.15, -0.1) is 0 Å². The number of ether oxygens (including phenoxy) is 2. The number of aliphatic hydroxyl groups excluding tert-OH is 1. The van der Waals surface area contributed by atoms with Gasteiger partial charge in [-0.2, -0.15) is 0 Å². The maximum Gasteiger partial charge on any atom is 0.338 e. The minimum absolute atomic E-state index is 0.0777. The van der Waals surface area contributed by atoms with Crippen molar-refractivity contribution in [2.45, 2.75) is 124 Å². The zero-order valence-corrected chi connectivity index (χ0v) is 28.0. The molecule has 1 spiro atoms. The van der Waals surface area contributed by atoms with E-state index >= 15 is 0 Å². The fraction of sp³-hybridized carbons (Fsp3) is 0.711. The molecule has 7 aliphatic rings. The third-order valence-electron chi connectivity index (χ3n) is 15.3. The van der Waals surface area contributed by atoms with Crippen molar-refractivity contribution in [2.24, 2.45) is 29.1 Å². The Morgan fingerprint density at radius 1 is 0.875 bits per heavy atom. The van der Waals surface area contributed by atoms with Gasteiger partial charge in [0.2, 0.25) is 5.79 Å². The molecule has 48 heavy (non-hydrogen) atoms. The number of carbonyl (C=O) groups excluding carboxylic acids is 1. The van der Waals surface area contributed by atoms with Gasteiger partial charge in [-0.25, -0.2) is 4.79 Å². The van der Waals surface area contributed by atoms with Gasteiger partial charge in [0.05, 0.1) is 17.3 Å². The van der Waals surface area contributed by atoms with Crippen molar-refractivity contribution >= 4 is 16.7 Å². The number of aliphatic hydroxyl groups is 6. The average Bonchev–Trinajstić information content (AvgIpc) is 3.21. The molecule has 10 nitrogen and oxygen atoms in total. The van der Waals surface area contributed by atoms with Crippen molar-refractivity contribution in [1.82, 2.24) is 4.90 Å². The number of piperidine rings is 2. The van der Waals surface area contributed by atoms with Crippen LogP contribution in [0.15, 0.2) is 42.5 Å². The van der Waals surface area contributed by atoms with Crippen molar-refractivity contribution < 1.29 is 44.9 Å². The van der Waals surface area contributed by atoms with Crippen molar-refractivity contribution in [2.75, 3.05) is 13.1 Å². The first kappa shape index (κ1) is 31.8. The summed E-state index contributed by atoms with van der Waals surface area (Å²) in [4.78, 5) is 15.7. The van der Waals surface area contributed by atoms with Gasteiger partial charge in [0.25, 0.3) is 0 Å². The third-order valence-corrected chi connectivity index (χ3v) is 15.3. The minimum Gasteiger partial charge on any atom is -0.453 e. The fourth-order valence-electron chi connectivity index (χ4n) is 13.0. The number of fused-ring (bicyclic) bond motifs is 6. The Hall–Kier alpha value is -2.15. The second kappa shape index (κ2) is 9.59. The first-order valence-electron chi connectivity index (χ1n) is 18.0. The highest BCUT2D eigenvalue weighted by molar-refractivity contribution is 5.95. The van der Waals surface area contributed by atoms with E-state index in [0.29, 0.717) is 50.1 Å². The molecule has 4 saturated carbocycles. The molecule has 260 valence electrons. The Morgan fingerprint density at radius 3 is 2.38 bits per heavy atom. The van der Waals surface area contributed by atoms with Crippen molar-refractivity contribution in [3.8, 4) is 0 Å². The summed E-state index contributed by atoms with van der Waals surface area (Å²) >= 11 is 0. The molecule has 4 bridgehead atoms. The molecule has 7 fully saturated rings. The lowest BCUT2D eigenvalue weighted by molar-refractivity contribution is -0.354. The van der Waals surface area contributed by atoms with Crippen LogP contribution in [0.1, 0.15) is 82.5 Å². The van der Waals surface area contributed by atoms with Crippen LogP contribution in [-0.2, 0) is 9.47 Å². The lowest BCUT2D eigenvalue weighted by atomic mass is 9.49. The Kier molecular flexibility index (Phi) is 6.35. The van der Waals surface area contributed by atoms with Crippen LogP contribution < -0.4 is 0 Å². The van der Waals surface area contributed by atoms with Crippen LogP contribution in [-0.4, -0.2) is 107 Å². The molecule has 4 aliphatic carbocycles. The second-order valence-electron chi connectivity index (χ2n) is 17.3.